The van der Waals surface area contributed by atoms with E-state index >= 15 is 0 Å². The maximum absolute atomic E-state index is 12.1. The van der Waals surface area contributed by atoms with Crippen molar-refractivity contribution in [1.82, 2.24) is 9.55 Å². The topological polar surface area (TPSA) is 56.2 Å². The minimum atomic E-state index is -0.0590. The van der Waals surface area contributed by atoms with E-state index in [0.29, 0.717) is 12.3 Å². The van der Waals surface area contributed by atoms with Crippen molar-refractivity contribution >= 4 is 39.3 Å². The highest BCUT2D eigenvalue weighted by atomic mass is 79.9. The molecule has 0 unspecified atom stereocenters. The molecular weight excluding hydrogens is 414 g/mol. The molecule has 0 aliphatic heterocycles. The molecule has 1 amide bonds. The lowest BCUT2D eigenvalue weighted by atomic mass is 10.2. The number of nitrogens with one attached hydrogen (secondary N) is 1. The van der Waals surface area contributed by atoms with Crippen molar-refractivity contribution < 1.29 is 9.53 Å². The van der Waals surface area contributed by atoms with E-state index in [2.05, 4.69) is 26.2 Å². The van der Waals surface area contributed by atoms with Gasteiger partial charge in [0.25, 0.3) is 0 Å². The van der Waals surface area contributed by atoms with Gasteiger partial charge in [-0.15, -0.1) is 0 Å². The molecule has 1 heterocycles. The quantitative estimate of drug-likeness (QED) is 0.562. The number of anilines is 1. The Kier molecular flexibility index (Phi) is 6.35. The lowest BCUT2D eigenvalue weighted by molar-refractivity contribution is -0.113. The number of hydrogen-bond donors (Lipinski definition) is 1. The van der Waals surface area contributed by atoms with Gasteiger partial charge in [0.15, 0.2) is 5.16 Å². The molecule has 0 aliphatic rings. The van der Waals surface area contributed by atoms with E-state index < -0.39 is 0 Å². The molecule has 0 radical (unpaired) electrons. The van der Waals surface area contributed by atoms with Gasteiger partial charge < -0.3 is 14.6 Å². The number of halogens is 1. The van der Waals surface area contributed by atoms with Crippen molar-refractivity contribution in [2.24, 2.45) is 0 Å². The van der Waals surface area contributed by atoms with Crippen LogP contribution in [0.15, 0.2) is 70.6 Å². The molecule has 26 heavy (non-hydrogen) atoms. The highest BCUT2D eigenvalue weighted by Crippen LogP contribution is 2.20. The summed E-state index contributed by atoms with van der Waals surface area (Å²) in [4.78, 5) is 16.5. The molecule has 3 aromatic rings. The normalized spacial score (nSPS) is 10.5. The molecule has 3 rings (SSSR count). The predicted molar refractivity (Wildman–Crippen MR) is 108 cm³/mol. The first-order chi connectivity index (χ1) is 12.6. The second-order valence-corrected chi connectivity index (χ2v) is 7.39. The molecule has 0 atom stereocenters. The second kappa shape index (κ2) is 8.91. The molecular formula is C19H18BrN3O2S. The summed E-state index contributed by atoms with van der Waals surface area (Å²) in [6, 6.07) is 15.4. The Morgan fingerprint density at radius 2 is 1.92 bits per heavy atom. The minimum absolute atomic E-state index is 0.0590. The van der Waals surface area contributed by atoms with Crippen molar-refractivity contribution in [3.05, 3.63) is 71.0 Å². The van der Waals surface area contributed by atoms with Crippen molar-refractivity contribution in [3.8, 4) is 5.75 Å². The van der Waals surface area contributed by atoms with E-state index in [9.17, 15) is 4.79 Å². The SMILES string of the molecule is COc1ccc(Cn2ccnc2SCC(=O)Nc2ccc(Br)cc2)cc1. The fourth-order valence-electron chi connectivity index (χ4n) is 2.34. The van der Waals surface area contributed by atoms with Gasteiger partial charge in [0.1, 0.15) is 5.75 Å². The van der Waals surface area contributed by atoms with Gasteiger partial charge in [-0.2, -0.15) is 0 Å². The number of aromatic nitrogens is 2. The zero-order valence-electron chi connectivity index (χ0n) is 14.2. The summed E-state index contributed by atoms with van der Waals surface area (Å²) >= 11 is 4.79. The third kappa shape index (κ3) is 5.12. The van der Waals surface area contributed by atoms with Crippen LogP contribution in [0.1, 0.15) is 5.56 Å². The lowest BCUT2D eigenvalue weighted by Gasteiger charge is -2.09. The van der Waals surface area contributed by atoms with Crippen molar-refractivity contribution in [3.63, 3.8) is 0 Å². The van der Waals surface area contributed by atoms with Gasteiger partial charge in [-0.3, -0.25) is 4.79 Å². The summed E-state index contributed by atoms with van der Waals surface area (Å²) in [5.74, 6) is 1.07. The summed E-state index contributed by atoms with van der Waals surface area (Å²) in [5.41, 5.74) is 1.92. The number of benzene rings is 2. The van der Waals surface area contributed by atoms with E-state index in [-0.39, 0.29) is 5.91 Å². The third-order valence-corrected chi connectivity index (χ3v) is 5.18. The van der Waals surface area contributed by atoms with Crippen LogP contribution in [0.25, 0.3) is 0 Å². The fraction of sp³-hybridized carbons (Fsp3) is 0.158. The summed E-state index contributed by atoms with van der Waals surface area (Å²) < 4.78 is 8.18. The molecule has 1 aromatic heterocycles. The molecule has 0 spiro atoms. The Labute approximate surface area is 164 Å². The van der Waals surface area contributed by atoms with Crippen LogP contribution in [0.2, 0.25) is 0 Å². The maximum Gasteiger partial charge on any atom is 0.234 e. The third-order valence-electron chi connectivity index (χ3n) is 3.65. The van der Waals surface area contributed by atoms with Crippen LogP contribution in [0.5, 0.6) is 5.75 Å². The number of amides is 1. The molecule has 7 heteroatoms. The number of rotatable bonds is 7. The van der Waals surface area contributed by atoms with Crippen molar-refractivity contribution in [2.75, 3.05) is 18.2 Å². The Balaban J connectivity index is 1.56. The van der Waals surface area contributed by atoms with Gasteiger partial charge in [-0.1, -0.05) is 39.8 Å². The first-order valence-corrected chi connectivity index (χ1v) is 9.74. The van der Waals surface area contributed by atoms with E-state index in [0.717, 1.165) is 26.6 Å². The molecule has 0 saturated carbocycles. The number of carbonyl (C=O) groups excluding carboxylic acids is 1. The second-order valence-electron chi connectivity index (χ2n) is 5.53. The van der Waals surface area contributed by atoms with Gasteiger partial charge in [0.2, 0.25) is 5.91 Å². The molecule has 1 N–H and O–H groups in total. The molecule has 0 bridgehead atoms. The number of hydrogen-bond acceptors (Lipinski definition) is 4. The zero-order valence-corrected chi connectivity index (χ0v) is 16.6. The van der Waals surface area contributed by atoms with Crippen LogP contribution in [0.3, 0.4) is 0 Å². The average Bonchev–Trinajstić information content (AvgIpc) is 3.09. The van der Waals surface area contributed by atoms with E-state index in [1.54, 1.807) is 13.3 Å². The number of carbonyl (C=O) groups is 1. The maximum atomic E-state index is 12.1. The van der Waals surface area contributed by atoms with E-state index in [4.69, 9.17) is 4.74 Å². The van der Waals surface area contributed by atoms with Crippen LogP contribution in [0, 0.1) is 0 Å². The van der Waals surface area contributed by atoms with Gasteiger partial charge in [-0.05, 0) is 42.0 Å². The standard InChI is InChI=1S/C19H18BrN3O2S/c1-25-17-8-2-14(3-9-17)12-23-11-10-21-19(23)26-13-18(24)22-16-6-4-15(20)5-7-16/h2-11H,12-13H2,1H3,(H,22,24). The number of ether oxygens (including phenoxy) is 1. The van der Waals surface area contributed by atoms with Crippen LogP contribution in [0.4, 0.5) is 5.69 Å². The zero-order chi connectivity index (χ0) is 18.4. The Morgan fingerprint density at radius 1 is 1.19 bits per heavy atom. The molecule has 5 nitrogen and oxygen atoms in total. The van der Waals surface area contributed by atoms with Gasteiger partial charge >= 0.3 is 0 Å². The number of imidazole rings is 1. The highest BCUT2D eigenvalue weighted by Gasteiger charge is 2.09. The number of methoxy groups -OCH3 is 1. The van der Waals surface area contributed by atoms with E-state index in [1.807, 2.05) is 59.3 Å². The number of nitrogens with zero attached hydrogens (tertiary/aromatic N) is 2. The summed E-state index contributed by atoms with van der Waals surface area (Å²) in [6.07, 6.45) is 3.66. The molecule has 0 fully saturated rings. The summed E-state index contributed by atoms with van der Waals surface area (Å²) in [7, 11) is 1.65. The van der Waals surface area contributed by atoms with Gasteiger partial charge in [-0.25, -0.2) is 4.98 Å². The first kappa shape index (κ1) is 18.5. The minimum Gasteiger partial charge on any atom is -0.497 e. The fourth-order valence-corrected chi connectivity index (χ4v) is 3.37. The highest BCUT2D eigenvalue weighted by molar-refractivity contribution is 9.10. The molecule has 134 valence electrons. The Bertz CT molecular complexity index is 863. The van der Waals surface area contributed by atoms with Crippen LogP contribution < -0.4 is 10.1 Å². The van der Waals surface area contributed by atoms with Crippen molar-refractivity contribution in [1.29, 1.82) is 0 Å². The molecule has 0 saturated heterocycles. The smallest absolute Gasteiger partial charge is 0.234 e. The van der Waals surface area contributed by atoms with Crippen LogP contribution in [-0.2, 0) is 11.3 Å². The average molecular weight is 432 g/mol. The van der Waals surface area contributed by atoms with Gasteiger partial charge in [0.05, 0.1) is 12.9 Å². The largest absolute Gasteiger partial charge is 0.497 e. The Morgan fingerprint density at radius 3 is 2.62 bits per heavy atom. The monoisotopic (exact) mass is 431 g/mol. The Hall–Kier alpha value is -2.25. The van der Waals surface area contributed by atoms with E-state index in [1.165, 1.54) is 11.8 Å². The summed E-state index contributed by atoms with van der Waals surface area (Å²) in [6.45, 7) is 0.695. The van der Waals surface area contributed by atoms with Gasteiger partial charge in [0, 0.05) is 29.1 Å². The first-order valence-electron chi connectivity index (χ1n) is 7.96. The summed E-state index contributed by atoms with van der Waals surface area (Å²) in [5, 5.41) is 3.69. The predicted octanol–water partition coefficient (Wildman–Crippen LogP) is 4.43. The van der Waals surface area contributed by atoms with Crippen molar-refractivity contribution in [2.45, 2.75) is 11.7 Å². The van der Waals surface area contributed by atoms with Crippen LogP contribution in [-0.4, -0.2) is 28.3 Å². The van der Waals surface area contributed by atoms with Crippen LogP contribution >= 0.6 is 27.7 Å². The molecule has 0 aliphatic carbocycles. The lowest BCUT2D eigenvalue weighted by Crippen LogP contribution is -2.14. The number of thioether (sulfide) groups is 1. The molecule has 2 aromatic carbocycles.